The standard InChI is InChI=1S/C17H17ClINO2/c1-4-22-16-6-5-12(9-13(16)18)17(21)20-15-8-10(2)14(19)7-11(15)3/h5-9H,4H2,1-3H3,(H,20,21). The Bertz CT molecular complexity index is 716. The summed E-state index contributed by atoms with van der Waals surface area (Å²) in [6.45, 7) is 6.41. The fraction of sp³-hybridized carbons (Fsp3) is 0.235. The Morgan fingerprint density at radius 3 is 2.59 bits per heavy atom. The highest BCUT2D eigenvalue weighted by Crippen LogP contribution is 2.27. The summed E-state index contributed by atoms with van der Waals surface area (Å²) in [6, 6.07) is 9.08. The fourth-order valence-corrected chi connectivity index (χ4v) is 2.88. The fourth-order valence-electron chi connectivity index (χ4n) is 2.02. The van der Waals surface area contributed by atoms with Crippen LogP contribution in [0.25, 0.3) is 0 Å². The van der Waals surface area contributed by atoms with Crippen molar-refractivity contribution in [1.82, 2.24) is 0 Å². The first-order valence-electron chi connectivity index (χ1n) is 6.92. The number of anilines is 1. The van der Waals surface area contributed by atoms with Crippen LogP contribution in [0.1, 0.15) is 28.4 Å². The smallest absolute Gasteiger partial charge is 0.255 e. The number of rotatable bonds is 4. The molecule has 0 aliphatic carbocycles. The Morgan fingerprint density at radius 2 is 1.95 bits per heavy atom. The van der Waals surface area contributed by atoms with Crippen molar-refractivity contribution in [2.24, 2.45) is 0 Å². The molecule has 2 aromatic carbocycles. The van der Waals surface area contributed by atoms with E-state index in [0.717, 1.165) is 16.8 Å². The van der Waals surface area contributed by atoms with Gasteiger partial charge in [-0.05, 0) is 84.8 Å². The molecular formula is C17H17ClINO2. The van der Waals surface area contributed by atoms with Crippen LogP contribution in [0, 0.1) is 17.4 Å². The van der Waals surface area contributed by atoms with Gasteiger partial charge in [-0.1, -0.05) is 11.6 Å². The second kappa shape index (κ2) is 7.33. The number of carbonyl (C=O) groups is 1. The summed E-state index contributed by atoms with van der Waals surface area (Å²) in [5.41, 5.74) is 3.48. The van der Waals surface area contributed by atoms with E-state index in [1.807, 2.05) is 26.8 Å². The molecule has 0 bridgehead atoms. The molecule has 0 heterocycles. The van der Waals surface area contributed by atoms with E-state index >= 15 is 0 Å². The Kier molecular flexibility index (Phi) is 5.69. The third kappa shape index (κ3) is 3.93. The maximum atomic E-state index is 12.4. The normalized spacial score (nSPS) is 10.4. The molecule has 0 radical (unpaired) electrons. The third-order valence-corrected chi connectivity index (χ3v) is 4.71. The van der Waals surface area contributed by atoms with Crippen molar-refractivity contribution in [3.8, 4) is 5.75 Å². The molecule has 0 fully saturated rings. The predicted octanol–water partition coefficient (Wildman–Crippen LogP) is 5.21. The molecule has 3 nitrogen and oxygen atoms in total. The molecule has 0 unspecified atom stereocenters. The summed E-state index contributed by atoms with van der Waals surface area (Å²) >= 11 is 8.41. The lowest BCUT2D eigenvalue weighted by atomic mass is 10.1. The molecule has 0 atom stereocenters. The van der Waals surface area contributed by atoms with Crippen molar-refractivity contribution < 1.29 is 9.53 Å². The number of amides is 1. The van der Waals surface area contributed by atoms with Gasteiger partial charge in [0.2, 0.25) is 0 Å². The largest absolute Gasteiger partial charge is 0.492 e. The molecule has 116 valence electrons. The van der Waals surface area contributed by atoms with Crippen LogP contribution >= 0.6 is 34.2 Å². The van der Waals surface area contributed by atoms with Gasteiger partial charge in [-0.25, -0.2) is 0 Å². The lowest BCUT2D eigenvalue weighted by Crippen LogP contribution is -2.13. The van der Waals surface area contributed by atoms with Gasteiger partial charge in [-0.3, -0.25) is 4.79 Å². The average molecular weight is 430 g/mol. The van der Waals surface area contributed by atoms with Crippen LogP contribution in [0.5, 0.6) is 5.75 Å². The van der Waals surface area contributed by atoms with Gasteiger partial charge in [0.15, 0.2) is 0 Å². The van der Waals surface area contributed by atoms with E-state index in [1.54, 1.807) is 18.2 Å². The van der Waals surface area contributed by atoms with Crippen LogP contribution < -0.4 is 10.1 Å². The summed E-state index contributed by atoms with van der Waals surface area (Å²) in [5, 5.41) is 3.37. The molecule has 5 heteroatoms. The lowest BCUT2D eigenvalue weighted by Gasteiger charge is -2.12. The first-order valence-corrected chi connectivity index (χ1v) is 8.38. The monoisotopic (exact) mass is 429 g/mol. The zero-order valence-corrected chi connectivity index (χ0v) is 15.6. The quantitative estimate of drug-likeness (QED) is 0.677. The molecule has 0 saturated carbocycles. The van der Waals surface area contributed by atoms with Gasteiger partial charge < -0.3 is 10.1 Å². The molecular weight excluding hydrogens is 413 g/mol. The predicted molar refractivity (Wildman–Crippen MR) is 99.2 cm³/mol. The topological polar surface area (TPSA) is 38.3 Å². The second-order valence-electron chi connectivity index (χ2n) is 4.95. The van der Waals surface area contributed by atoms with E-state index in [4.69, 9.17) is 16.3 Å². The van der Waals surface area contributed by atoms with E-state index in [0.29, 0.717) is 22.9 Å². The van der Waals surface area contributed by atoms with Gasteiger partial charge in [0.05, 0.1) is 11.6 Å². The SMILES string of the molecule is CCOc1ccc(C(=O)Nc2cc(C)c(I)cc2C)cc1Cl. The van der Waals surface area contributed by atoms with Gasteiger partial charge in [0.25, 0.3) is 5.91 Å². The van der Waals surface area contributed by atoms with Crippen molar-refractivity contribution in [3.05, 3.63) is 55.6 Å². The Morgan fingerprint density at radius 1 is 1.23 bits per heavy atom. The second-order valence-corrected chi connectivity index (χ2v) is 6.52. The number of nitrogens with one attached hydrogen (secondary N) is 1. The van der Waals surface area contributed by atoms with Gasteiger partial charge >= 0.3 is 0 Å². The first kappa shape index (κ1) is 17.1. The molecule has 0 saturated heterocycles. The van der Waals surface area contributed by atoms with Crippen molar-refractivity contribution >= 4 is 45.8 Å². The van der Waals surface area contributed by atoms with Crippen LogP contribution in [0.2, 0.25) is 5.02 Å². The van der Waals surface area contributed by atoms with Gasteiger partial charge in [0.1, 0.15) is 5.75 Å². The highest BCUT2D eigenvalue weighted by Gasteiger charge is 2.11. The Hall–Kier alpha value is -1.27. The van der Waals surface area contributed by atoms with E-state index in [2.05, 4.69) is 34.0 Å². The first-order chi connectivity index (χ1) is 10.4. The van der Waals surface area contributed by atoms with E-state index < -0.39 is 0 Å². The third-order valence-electron chi connectivity index (χ3n) is 3.25. The minimum Gasteiger partial charge on any atom is -0.492 e. The van der Waals surface area contributed by atoms with Crippen LogP contribution in [0.3, 0.4) is 0 Å². The summed E-state index contributed by atoms with van der Waals surface area (Å²) in [6.07, 6.45) is 0. The van der Waals surface area contributed by atoms with Crippen LogP contribution in [-0.4, -0.2) is 12.5 Å². The Balaban J connectivity index is 2.22. The lowest BCUT2D eigenvalue weighted by molar-refractivity contribution is 0.102. The summed E-state index contributed by atoms with van der Waals surface area (Å²) in [5.74, 6) is 0.399. The number of hydrogen-bond acceptors (Lipinski definition) is 2. The molecule has 1 amide bonds. The van der Waals surface area contributed by atoms with Crippen molar-refractivity contribution in [2.75, 3.05) is 11.9 Å². The summed E-state index contributed by atoms with van der Waals surface area (Å²) in [4.78, 5) is 12.4. The molecule has 2 aromatic rings. The number of benzene rings is 2. The maximum Gasteiger partial charge on any atom is 0.255 e. The number of carbonyl (C=O) groups excluding carboxylic acids is 1. The minimum atomic E-state index is -0.186. The zero-order valence-electron chi connectivity index (χ0n) is 12.7. The van der Waals surface area contributed by atoms with E-state index in [-0.39, 0.29) is 5.91 Å². The number of hydrogen-bond donors (Lipinski definition) is 1. The van der Waals surface area contributed by atoms with Crippen molar-refractivity contribution in [2.45, 2.75) is 20.8 Å². The average Bonchev–Trinajstić information content (AvgIpc) is 2.47. The molecule has 0 aromatic heterocycles. The molecule has 2 rings (SSSR count). The van der Waals surface area contributed by atoms with Crippen LogP contribution in [0.15, 0.2) is 30.3 Å². The van der Waals surface area contributed by atoms with E-state index in [9.17, 15) is 4.79 Å². The molecule has 22 heavy (non-hydrogen) atoms. The van der Waals surface area contributed by atoms with Crippen molar-refractivity contribution in [1.29, 1.82) is 0 Å². The summed E-state index contributed by atoms with van der Waals surface area (Å²) in [7, 11) is 0. The maximum absolute atomic E-state index is 12.4. The van der Waals surface area contributed by atoms with E-state index in [1.165, 1.54) is 3.57 Å². The molecule has 0 aliphatic rings. The molecule has 0 spiro atoms. The highest BCUT2D eigenvalue weighted by atomic mass is 127. The van der Waals surface area contributed by atoms with Gasteiger partial charge in [-0.2, -0.15) is 0 Å². The number of halogens is 2. The number of ether oxygens (including phenoxy) is 1. The van der Waals surface area contributed by atoms with Crippen LogP contribution in [0.4, 0.5) is 5.69 Å². The summed E-state index contributed by atoms with van der Waals surface area (Å²) < 4.78 is 6.55. The van der Waals surface area contributed by atoms with Crippen LogP contribution in [-0.2, 0) is 0 Å². The Labute approximate surface area is 149 Å². The highest BCUT2D eigenvalue weighted by molar-refractivity contribution is 14.1. The minimum absolute atomic E-state index is 0.186. The number of aryl methyl sites for hydroxylation is 2. The molecule has 1 N–H and O–H groups in total. The van der Waals surface area contributed by atoms with Gasteiger partial charge in [0, 0.05) is 14.8 Å². The zero-order chi connectivity index (χ0) is 16.3. The van der Waals surface area contributed by atoms with Crippen molar-refractivity contribution in [3.63, 3.8) is 0 Å². The molecule has 0 aliphatic heterocycles. The van der Waals surface area contributed by atoms with Gasteiger partial charge in [-0.15, -0.1) is 0 Å².